The van der Waals surface area contributed by atoms with Gasteiger partial charge in [-0.1, -0.05) is 0 Å². The normalized spacial score (nSPS) is 17.0. The predicted molar refractivity (Wildman–Crippen MR) is 89.0 cm³/mol. The summed E-state index contributed by atoms with van der Waals surface area (Å²) in [6.07, 6.45) is 3.47. The van der Waals surface area contributed by atoms with Gasteiger partial charge in [-0.05, 0) is 37.1 Å². The molecule has 3 rings (SSSR count). The number of rotatable bonds is 5. The van der Waals surface area contributed by atoms with Gasteiger partial charge in [-0.2, -0.15) is 8.78 Å². The second kappa shape index (κ2) is 7.60. The fourth-order valence-electron chi connectivity index (χ4n) is 2.83. The first-order chi connectivity index (χ1) is 12.0. The minimum absolute atomic E-state index is 0.0312. The second-order valence-electron chi connectivity index (χ2n) is 5.84. The summed E-state index contributed by atoms with van der Waals surface area (Å²) in [5.41, 5.74) is 0.747. The quantitative estimate of drug-likeness (QED) is 0.896. The largest absolute Gasteiger partial charge is 0.432 e. The van der Waals surface area contributed by atoms with Crippen molar-refractivity contribution in [3.63, 3.8) is 0 Å². The molecule has 1 aliphatic heterocycles. The summed E-state index contributed by atoms with van der Waals surface area (Å²) in [6, 6.07) is 5.95. The van der Waals surface area contributed by atoms with Crippen LogP contribution in [0.25, 0.3) is 10.9 Å². The number of amides is 2. The Morgan fingerprint density at radius 1 is 1.48 bits per heavy atom. The molecule has 0 bridgehead atoms. The van der Waals surface area contributed by atoms with Crippen LogP contribution >= 0.6 is 0 Å². The van der Waals surface area contributed by atoms with Crippen molar-refractivity contribution in [3.05, 3.63) is 30.5 Å². The Hall–Kier alpha value is -2.48. The number of nitrogens with zero attached hydrogens (tertiary/aromatic N) is 2. The topological polar surface area (TPSA) is 63.7 Å². The molecule has 8 heteroatoms. The number of anilines is 1. The van der Waals surface area contributed by atoms with Gasteiger partial charge < -0.3 is 19.7 Å². The summed E-state index contributed by atoms with van der Waals surface area (Å²) in [7, 11) is 1.69. The van der Waals surface area contributed by atoms with E-state index in [2.05, 4.69) is 15.0 Å². The lowest BCUT2D eigenvalue weighted by Gasteiger charge is -2.22. The third-order valence-electron chi connectivity index (χ3n) is 4.04. The number of hydrogen-bond donors (Lipinski definition) is 1. The van der Waals surface area contributed by atoms with E-state index in [1.165, 1.54) is 18.3 Å². The van der Waals surface area contributed by atoms with E-state index in [0.717, 1.165) is 19.4 Å². The van der Waals surface area contributed by atoms with Crippen molar-refractivity contribution in [1.29, 1.82) is 0 Å². The van der Waals surface area contributed by atoms with Crippen molar-refractivity contribution in [1.82, 2.24) is 9.88 Å². The number of carbonyl (C=O) groups is 1. The van der Waals surface area contributed by atoms with Gasteiger partial charge in [-0.25, -0.2) is 4.79 Å². The van der Waals surface area contributed by atoms with Crippen LogP contribution in [0.15, 0.2) is 30.5 Å². The molecule has 1 N–H and O–H groups in total. The number of fused-ring (bicyclic) bond motifs is 1. The Bertz CT molecular complexity index is 751. The molecule has 1 aromatic heterocycles. The highest BCUT2D eigenvalue weighted by molar-refractivity contribution is 6.02. The van der Waals surface area contributed by atoms with Crippen LogP contribution in [-0.4, -0.2) is 48.8 Å². The summed E-state index contributed by atoms with van der Waals surface area (Å²) >= 11 is 0. The summed E-state index contributed by atoms with van der Waals surface area (Å²) in [5, 5.41) is 3.31. The highest BCUT2D eigenvalue weighted by Crippen LogP contribution is 2.31. The first-order valence-electron chi connectivity index (χ1n) is 8.01. The first kappa shape index (κ1) is 17.3. The van der Waals surface area contributed by atoms with Crippen molar-refractivity contribution in [2.24, 2.45) is 0 Å². The third-order valence-corrected chi connectivity index (χ3v) is 4.04. The maximum Gasteiger partial charge on any atom is 0.387 e. The molecule has 0 aliphatic carbocycles. The maximum atomic E-state index is 12.5. The Morgan fingerprint density at radius 3 is 3.04 bits per heavy atom. The van der Waals surface area contributed by atoms with E-state index >= 15 is 0 Å². The number of halogens is 2. The highest BCUT2D eigenvalue weighted by Gasteiger charge is 2.21. The van der Waals surface area contributed by atoms with E-state index < -0.39 is 6.61 Å². The van der Waals surface area contributed by atoms with Crippen LogP contribution in [0, 0.1) is 0 Å². The van der Waals surface area contributed by atoms with Crippen molar-refractivity contribution in [2.75, 3.05) is 25.5 Å². The standard InChI is InChI=1S/C17H19F2N3O3/c1-22(10-11-4-3-9-24-11)17(23)21-13-6-7-14(25-16(18)19)15-12(13)5-2-8-20-15/h2,5-8,11,16H,3-4,9-10H2,1H3,(H,21,23)/t11-/m0/s1. The molecule has 0 radical (unpaired) electrons. The molecule has 0 saturated carbocycles. The number of aromatic nitrogens is 1. The van der Waals surface area contributed by atoms with Gasteiger partial charge in [0.1, 0.15) is 5.52 Å². The van der Waals surface area contributed by atoms with Gasteiger partial charge in [0.15, 0.2) is 5.75 Å². The zero-order valence-electron chi connectivity index (χ0n) is 13.7. The van der Waals surface area contributed by atoms with Crippen LogP contribution < -0.4 is 10.1 Å². The molecule has 2 heterocycles. The predicted octanol–water partition coefficient (Wildman–Crippen LogP) is 3.48. The van der Waals surface area contributed by atoms with E-state index in [1.807, 2.05) is 0 Å². The molecule has 6 nitrogen and oxygen atoms in total. The van der Waals surface area contributed by atoms with E-state index in [4.69, 9.17) is 4.74 Å². The Kier molecular flexibility index (Phi) is 5.28. The van der Waals surface area contributed by atoms with Gasteiger partial charge in [0.2, 0.25) is 0 Å². The summed E-state index contributed by atoms with van der Waals surface area (Å²) in [5.74, 6) is -0.0312. The smallest absolute Gasteiger partial charge is 0.387 e. The molecule has 134 valence electrons. The fourth-order valence-corrected chi connectivity index (χ4v) is 2.83. The van der Waals surface area contributed by atoms with Gasteiger partial charge in [-0.15, -0.1) is 0 Å². The van der Waals surface area contributed by atoms with Crippen molar-refractivity contribution < 1.29 is 23.0 Å². The number of pyridine rings is 1. The summed E-state index contributed by atoms with van der Waals surface area (Å²) < 4.78 is 35.1. The van der Waals surface area contributed by atoms with Gasteiger partial charge in [0.25, 0.3) is 0 Å². The van der Waals surface area contributed by atoms with Crippen LogP contribution in [0.3, 0.4) is 0 Å². The Morgan fingerprint density at radius 2 is 2.32 bits per heavy atom. The average Bonchev–Trinajstić information content (AvgIpc) is 3.09. The number of urea groups is 1. The first-order valence-corrected chi connectivity index (χ1v) is 8.01. The second-order valence-corrected chi connectivity index (χ2v) is 5.84. The molecule has 1 fully saturated rings. The third kappa shape index (κ3) is 4.14. The molecule has 1 atom stereocenters. The fraction of sp³-hybridized carbons (Fsp3) is 0.412. The number of alkyl halides is 2. The molecular formula is C17H19F2N3O3. The molecule has 1 saturated heterocycles. The summed E-state index contributed by atoms with van der Waals surface area (Å²) in [6.45, 7) is -1.72. The molecular weight excluding hydrogens is 332 g/mol. The van der Waals surface area contributed by atoms with Crippen molar-refractivity contribution in [2.45, 2.75) is 25.6 Å². The molecule has 1 aromatic carbocycles. The van der Waals surface area contributed by atoms with E-state index in [-0.39, 0.29) is 23.4 Å². The van der Waals surface area contributed by atoms with Crippen molar-refractivity contribution >= 4 is 22.6 Å². The molecule has 2 aromatic rings. The lowest BCUT2D eigenvalue weighted by molar-refractivity contribution is -0.0489. The van der Waals surface area contributed by atoms with Gasteiger partial charge >= 0.3 is 12.6 Å². The van der Waals surface area contributed by atoms with E-state index in [9.17, 15) is 13.6 Å². The van der Waals surface area contributed by atoms with E-state index in [1.54, 1.807) is 24.1 Å². The van der Waals surface area contributed by atoms with Gasteiger partial charge in [-0.3, -0.25) is 4.98 Å². The van der Waals surface area contributed by atoms with Crippen LogP contribution in [0.4, 0.5) is 19.3 Å². The average molecular weight is 351 g/mol. The zero-order valence-corrected chi connectivity index (χ0v) is 13.7. The minimum Gasteiger partial charge on any atom is -0.432 e. The number of ether oxygens (including phenoxy) is 2. The zero-order chi connectivity index (χ0) is 17.8. The van der Waals surface area contributed by atoms with Crippen LogP contribution in [0.2, 0.25) is 0 Å². The Labute approximate surface area is 143 Å². The monoisotopic (exact) mass is 351 g/mol. The molecule has 0 unspecified atom stereocenters. The lowest BCUT2D eigenvalue weighted by Crippen LogP contribution is -2.37. The molecule has 0 spiro atoms. The highest BCUT2D eigenvalue weighted by atomic mass is 19.3. The number of nitrogens with one attached hydrogen (secondary N) is 1. The summed E-state index contributed by atoms with van der Waals surface area (Å²) in [4.78, 5) is 18.0. The number of benzene rings is 1. The molecule has 25 heavy (non-hydrogen) atoms. The van der Waals surface area contributed by atoms with Gasteiger partial charge in [0.05, 0.1) is 11.8 Å². The van der Waals surface area contributed by atoms with Crippen LogP contribution in [0.5, 0.6) is 5.75 Å². The van der Waals surface area contributed by atoms with Crippen LogP contribution in [0.1, 0.15) is 12.8 Å². The SMILES string of the molecule is CN(C[C@@H]1CCCO1)C(=O)Nc1ccc(OC(F)F)c2ncccc12. The minimum atomic E-state index is -2.94. The number of hydrogen-bond acceptors (Lipinski definition) is 4. The lowest BCUT2D eigenvalue weighted by atomic mass is 10.1. The maximum absolute atomic E-state index is 12.5. The van der Waals surface area contributed by atoms with Gasteiger partial charge in [0, 0.05) is 31.8 Å². The molecule has 2 amide bonds. The Balaban J connectivity index is 1.77. The number of carbonyl (C=O) groups excluding carboxylic acids is 1. The van der Waals surface area contributed by atoms with Crippen molar-refractivity contribution in [3.8, 4) is 5.75 Å². The molecule has 1 aliphatic rings. The van der Waals surface area contributed by atoms with E-state index in [0.29, 0.717) is 17.6 Å². The number of likely N-dealkylation sites (N-methyl/N-ethyl adjacent to an activating group) is 1. The van der Waals surface area contributed by atoms with Crippen LogP contribution in [-0.2, 0) is 4.74 Å².